The molecule has 4 aromatic carbocycles. The van der Waals surface area contributed by atoms with E-state index in [4.69, 9.17) is 4.98 Å². The molecule has 212 valence electrons. The number of aldehydes is 1. The summed E-state index contributed by atoms with van der Waals surface area (Å²) in [6, 6.07) is 31.7. The van der Waals surface area contributed by atoms with Gasteiger partial charge >= 0.3 is 0 Å². The lowest BCUT2D eigenvalue weighted by molar-refractivity contribution is -0.108. The number of rotatable bonds is 6. The molecule has 1 unspecified atom stereocenters. The second kappa shape index (κ2) is 10.6. The first-order valence-corrected chi connectivity index (χ1v) is 14.8. The Morgan fingerprint density at radius 1 is 0.814 bits per heavy atom. The van der Waals surface area contributed by atoms with Crippen LogP contribution in [0.4, 0.5) is 11.4 Å². The minimum absolute atomic E-state index is 0.285. The van der Waals surface area contributed by atoms with E-state index in [1.807, 2.05) is 42.5 Å². The third-order valence-corrected chi connectivity index (χ3v) is 8.78. The van der Waals surface area contributed by atoms with Gasteiger partial charge in [-0.25, -0.2) is 15.0 Å². The van der Waals surface area contributed by atoms with Crippen LogP contribution in [0, 0.1) is 0 Å². The van der Waals surface area contributed by atoms with Crippen LogP contribution in [-0.4, -0.2) is 56.4 Å². The zero-order chi connectivity index (χ0) is 28.8. The fraction of sp³-hybridized carbons (Fsp3) is 0.200. The second-order valence-corrected chi connectivity index (χ2v) is 11.4. The maximum atomic E-state index is 11.8. The number of imidazole rings is 1. The maximum absolute atomic E-state index is 11.8. The first-order valence-electron chi connectivity index (χ1n) is 14.8. The molecule has 0 radical (unpaired) electrons. The highest BCUT2D eigenvalue weighted by atomic mass is 16.1. The van der Waals surface area contributed by atoms with Crippen LogP contribution in [0.1, 0.15) is 18.4 Å². The Balaban J connectivity index is 1.02. The number of likely N-dealkylation sites (tertiary alicyclic amines) is 1. The Labute approximate surface area is 249 Å². The molecule has 8 nitrogen and oxygen atoms in total. The summed E-state index contributed by atoms with van der Waals surface area (Å²) in [7, 11) is 0. The molecule has 2 aromatic heterocycles. The number of anilines is 2. The number of nitrogens with zero attached hydrogens (tertiary/aromatic N) is 5. The van der Waals surface area contributed by atoms with E-state index in [9.17, 15) is 4.79 Å². The van der Waals surface area contributed by atoms with E-state index < -0.39 is 0 Å². The number of para-hydroxylation sites is 2. The van der Waals surface area contributed by atoms with Crippen LogP contribution in [0.15, 0.2) is 97.3 Å². The average molecular weight is 566 g/mol. The lowest BCUT2D eigenvalue weighted by Crippen LogP contribution is -2.49. The number of H-pyrrole nitrogens is 1. The van der Waals surface area contributed by atoms with Gasteiger partial charge < -0.3 is 15.2 Å². The molecule has 1 saturated heterocycles. The average Bonchev–Trinajstić information content (AvgIpc) is 3.68. The molecule has 4 heterocycles. The highest BCUT2D eigenvalue weighted by molar-refractivity contribution is 5.94. The SMILES string of the molecule is O=CC1Nc2ccccc2N1C1CCN(Cc2ccc(-c3[nH]c4cc5ncnc5cc4nc3-c3ccccc3)cc2)CC1. The van der Waals surface area contributed by atoms with E-state index >= 15 is 0 Å². The second-order valence-electron chi connectivity index (χ2n) is 11.4. The van der Waals surface area contributed by atoms with Crippen molar-refractivity contribution in [3.8, 4) is 22.5 Å². The predicted molar refractivity (Wildman–Crippen MR) is 171 cm³/mol. The van der Waals surface area contributed by atoms with E-state index in [0.29, 0.717) is 6.04 Å². The first-order chi connectivity index (χ1) is 21.2. The molecule has 43 heavy (non-hydrogen) atoms. The Bertz CT molecular complexity index is 1930. The number of carbonyl (C=O) groups is 1. The highest BCUT2D eigenvalue weighted by Gasteiger charge is 2.35. The minimum atomic E-state index is -0.285. The summed E-state index contributed by atoms with van der Waals surface area (Å²) in [5.74, 6) is 0. The number of hydrogen-bond acceptors (Lipinski definition) is 7. The normalized spacial score (nSPS) is 17.3. The fourth-order valence-corrected chi connectivity index (χ4v) is 6.62. The number of hydrogen-bond donors (Lipinski definition) is 2. The third-order valence-electron chi connectivity index (χ3n) is 8.78. The van der Waals surface area contributed by atoms with Crippen molar-refractivity contribution in [2.75, 3.05) is 23.3 Å². The molecule has 2 N–H and O–H groups in total. The lowest BCUT2D eigenvalue weighted by atomic mass is 10.00. The van der Waals surface area contributed by atoms with Crippen molar-refractivity contribution >= 4 is 39.7 Å². The van der Waals surface area contributed by atoms with Crippen molar-refractivity contribution in [1.82, 2.24) is 24.8 Å². The van der Waals surface area contributed by atoms with Gasteiger partial charge in [0.25, 0.3) is 0 Å². The maximum Gasteiger partial charge on any atom is 0.162 e. The third kappa shape index (κ3) is 4.70. The van der Waals surface area contributed by atoms with Gasteiger partial charge in [-0.1, -0.05) is 66.7 Å². The molecular formula is C35H31N7O. The number of aromatic amines is 1. The van der Waals surface area contributed by atoms with Crippen LogP contribution in [0.5, 0.6) is 0 Å². The van der Waals surface area contributed by atoms with Gasteiger partial charge in [0.15, 0.2) is 12.5 Å². The van der Waals surface area contributed by atoms with Gasteiger partial charge in [0.1, 0.15) is 6.33 Å². The minimum Gasteiger partial charge on any atom is -0.358 e. The first kappa shape index (κ1) is 25.6. The molecule has 2 aliphatic rings. The zero-order valence-corrected chi connectivity index (χ0v) is 23.6. The smallest absolute Gasteiger partial charge is 0.162 e. The van der Waals surface area contributed by atoms with Gasteiger partial charge in [-0.15, -0.1) is 0 Å². The molecule has 8 rings (SSSR count). The Hall–Kier alpha value is -5.08. The number of fused-ring (bicyclic) bond motifs is 3. The van der Waals surface area contributed by atoms with Crippen molar-refractivity contribution in [1.29, 1.82) is 0 Å². The van der Waals surface area contributed by atoms with Crippen LogP contribution in [0.25, 0.3) is 44.6 Å². The van der Waals surface area contributed by atoms with E-state index in [0.717, 1.165) is 94.7 Å². The van der Waals surface area contributed by atoms with Crippen molar-refractivity contribution in [3.05, 3.63) is 103 Å². The number of benzene rings is 4. The van der Waals surface area contributed by atoms with Gasteiger partial charge in [0.05, 0.1) is 44.8 Å². The Kier molecular flexibility index (Phi) is 6.34. The van der Waals surface area contributed by atoms with Crippen LogP contribution in [0.2, 0.25) is 0 Å². The molecule has 8 heteroatoms. The van der Waals surface area contributed by atoms with E-state index in [1.54, 1.807) is 6.33 Å². The van der Waals surface area contributed by atoms with Gasteiger partial charge in [0, 0.05) is 36.8 Å². The Morgan fingerprint density at radius 3 is 2.35 bits per heavy atom. The lowest BCUT2D eigenvalue weighted by Gasteiger charge is -2.39. The highest BCUT2D eigenvalue weighted by Crippen LogP contribution is 2.38. The molecule has 0 saturated carbocycles. The summed E-state index contributed by atoms with van der Waals surface area (Å²) in [5.41, 5.74) is 11.0. The fourth-order valence-electron chi connectivity index (χ4n) is 6.62. The standard InChI is InChI=1S/C35H31N7O/c43-21-33-38-27-8-4-5-9-32(27)42(33)26-14-16-41(17-15-26)20-23-10-12-25(13-11-23)35-34(24-6-2-1-3-7-24)39-30-18-28-29(37-22-36-28)19-31(30)40-35/h1-13,18-19,21-22,26,33,38,40H,14-17,20H2. The van der Waals surface area contributed by atoms with Crippen molar-refractivity contribution in [2.45, 2.75) is 31.6 Å². The molecule has 1 fully saturated rings. The molecule has 0 amide bonds. The van der Waals surface area contributed by atoms with Crippen molar-refractivity contribution in [3.63, 3.8) is 0 Å². The van der Waals surface area contributed by atoms with E-state index in [-0.39, 0.29) is 6.17 Å². The van der Waals surface area contributed by atoms with Crippen LogP contribution in [-0.2, 0) is 11.3 Å². The summed E-state index contributed by atoms with van der Waals surface area (Å²) in [4.78, 5) is 34.1. The van der Waals surface area contributed by atoms with Crippen molar-refractivity contribution in [2.24, 2.45) is 0 Å². The number of aromatic nitrogens is 4. The van der Waals surface area contributed by atoms with E-state index in [1.165, 1.54) is 5.56 Å². The predicted octanol–water partition coefficient (Wildman–Crippen LogP) is 6.26. The number of nitrogens with one attached hydrogen (secondary N) is 2. The summed E-state index contributed by atoms with van der Waals surface area (Å²) < 4.78 is 0. The van der Waals surface area contributed by atoms with Crippen LogP contribution < -0.4 is 10.2 Å². The summed E-state index contributed by atoms with van der Waals surface area (Å²) >= 11 is 0. The molecule has 0 spiro atoms. The largest absolute Gasteiger partial charge is 0.358 e. The number of piperidine rings is 1. The van der Waals surface area contributed by atoms with Crippen molar-refractivity contribution < 1.29 is 4.79 Å². The molecule has 0 bridgehead atoms. The van der Waals surface area contributed by atoms with Crippen LogP contribution in [0.3, 0.4) is 0 Å². The van der Waals surface area contributed by atoms with Gasteiger partial charge in [-0.3, -0.25) is 9.69 Å². The quantitative estimate of drug-likeness (QED) is 0.230. The molecular weight excluding hydrogens is 534 g/mol. The Morgan fingerprint density at radius 2 is 1.56 bits per heavy atom. The summed E-state index contributed by atoms with van der Waals surface area (Å²) in [5, 5.41) is 3.36. The topological polar surface area (TPSA) is 90.0 Å². The monoisotopic (exact) mass is 565 g/mol. The molecule has 6 aromatic rings. The van der Waals surface area contributed by atoms with E-state index in [2.05, 4.69) is 78.6 Å². The van der Waals surface area contributed by atoms with Gasteiger partial charge in [-0.2, -0.15) is 0 Å². The molecule has 1 atom stereocenters. The summed E-state index contributed by atoms with van der Waals surface area (Å²) in [6.07, 6.45) is 4.38. The summed E-state index contributed by atoms with van der Waals surface area (Å²) in [6.45, 7) is 2.89. The van der Waals surface area contributed by atoms with Gasteiger partial charge in [0.2, 0.25) is 0 Å². The zero-order valence-electron chi connectivity index (χ0n) is 23.6. The molecule has 0 aliphatic carbocycles. The van der Waals surface area contributed by atoms with Gasteiger partial charge in [-0.05, 0) is 42.7 Å². The number of carbonyl (C=O) groups excluding carboxylic acids is 1. The molecule has 2 aliphatic heterocycles. The van der Waals surface area contributed by atoms with Crippen LogP contribution >= 0.6 is 0 Å².